The Morgan fingerprint density at radius 1 is 1.47 bits per heavy atom. The summed E-state index contributed by atoms with van der Waals surface area (Å²) in [6.07, 6.45) is 3.75. The van der Waals surface area contributed by atoms with E-state index in [4.69, 9.17) is 0 Å². The molecule has 1 saturated carbocycles. The zero-order chi connectivity index (χ0) is 10.9. The smallest absolute Gasteiger partial charge is 0.138 e. The molecule has 1 aliphatic rings. The Morgan fingerprint density at radius 3 is 2.80 bits per heavy atom. The average molecular weight is 206 g/mol. The fraction of sp³-hybridized carbons (Fsp3) is 0.583. The quantitative estimate of drug-likeness (QED) is 0.796. The van der Waals surface area contributed by atoms with E-state index in [2.05, 4.69) is 17.2 Å². The minimum Gasteiger partial charge on any atom is -0.506 e. The van der Waals surface area contributed by atoms with Gasteiger partial charge in [-0.15, -0.1) is 0 Å². The highest BCUT2D eigenvalue weighted by Crippen LogP contribution is 2.31. The number of nitrogens with one attached hydrogen (secondary N) is 1. The number of hydrogen-bond donors (Lipinski definition) is 2. The Morgan fingerprint density at radius 2 is 2.20 bits per heavy atom. The molecule has 0 unspecified atom stereocenters. The third kappa shape index (κ3) is 2.29. The van der Waals surface area contributed by atoms with Gasteiger partial charge < -0.3 is 10.4 Å². The van der Waals surface area contributed by atoms with Crippen molar-refractivity contribution in [2.45, 2.75) is 45.2 Å². The van der Waals surface area contributed by atoms with Crippen LogP contribution in [0.1, 0.15) is 37.6 Å². The SMILES string of the molecule is Cc1ccc(O)c(CNC2(C)CCC2)n1. The fourth-order valence-corrected chi connectivity index (χ4v) is 1.91. The van der Waals surface area contributed by atoms with Crippen molar-refractivity contribution in [3.63, 3.8) is 0 Å². The van der Waals surface area contributed by atoms with Gasteiger partial charge in [-0.05, 0) is 45.2 Å². The summed E-state index contributed by atoms with van der Waals surface area (Å²) >= 11 is 0. The molecule has 0 radical (unpaired) electrons. The van der Waals surface area contributed by atoms with Crippen LogP contribution in [0.15, 0.2) is 12.1 Å². The summed E-state index contributed by atoms with van der Waals surface area (Å²) in [4.78, 5) is 4.32. The molecule has 0 aliphatic heterocycles. The molecule has 0 atom stereocenters. The number of rotatable bonds is 3. The van der Waals surface area contributed by atoms with Crippen molar-refractivity contribution in [2.75, 3.05) is 0 Å². The van der Waals surface area contributed by atoms with Crippen molar-refractivity contribution in [3.8, 4) is 5.75 Å². The Bertz CT molecular complexity index is 359. The topological polar surface area (TPSA) is 45.1 Å². The van der Waals surface area contributed by atoms with Crippen molar-refractivity contribution in [2.24, 2.45) is 0 Å². The Kier molecular flexibility index (Phi) is 2.65. The molecular formula is C12H18N2O. The average Bonchev–Trinajstić information content (AvgIpc) is 2.17. The van der Waals surface area contributed by atoms with Gasteiger partial charge in [0.2, 0.25) is 0 Å². The molecule has 0 aromatic carbocycles. The first-order valence-electron chi connectivity index (χ1n) is 5.50. The van der Waals surface area contributed by atoms with E-state index in [9.17, 15) is 5.11 Å². The van der Waals surface area contributed by atoms with Crippen molar-refractivity contribution >= 4 is 0 Å². The highest BCUT2D eigenvalue weighted by atomic mass is 16.3. The lowest BCUT2D eigenvalue weighted by Gasteiger charge is -2.39. The maximum atomic E-state index is 9.62. The van der Waals surface area contributed by atoms with Crippen LogP contribution in [0.4, 0.5) is 0 Å². The van der Waals surface area contributed by atoms with Crippen LogP contribution in [0.25, 0.3) is 0 Å². The van der Waals surface area contributed by atoms with Gasteiger partial charge in [0, 0.05) is 17.8 Å². The molecule has 0 spiro atoms. The number of aryl methyl sites for hydroxylation is 1. The van der Waals surface area contributed by atoms with Crippen LogP contribution in [0.3, 0.4) is 0 Å². The Labute approximate surface area is 90.5 Å². The van der Waals surface area contributed by atoms with Gasteiger partial charge in [-0.25, -0.2) is 0 Å². The molecule has 2 rings (SSSR count). The van der Waals surface area contributed by atoms with Crippen LogP contribution >= 0.6 is 0 Å². The number of aromatic nitrogens is 1. The van der Waals surface area contributed by atoms with Crippen LogP contribution in [0, 0.1) is 6.92 Å². The van der Waals surface area contributed by atoms with Crippen LogP contribution in [-0.2, 0) is 6.54 Å². The van der Waals surface area contributed by atoms with Crippen molar-refractivity contribution in [1.82, 2.24) is 10.3 Å². The minimum atomic E-state index is 0.262. The monoisotopic (exact) mass is 206 g/mol. The third-order valence-electron chi connectivity index (χ3n) is 3.23. The molecule has 0 amide bonds. The van der Waals surface area contributed by atoms with Crippen LogP contribution in [-0.4, -0.2) is 15.6 Å². The van der Waals surface area contributed by atoms with Gasteiger partial charge in [0.15, 0.2) is 0 Å². The maximum absolute atomic E-state index is 9.62. The number of aromatic hydroxyl groups is 1. The van der Waals surface area contributed by atoms with Gasteiger partial charge in [-0.2, -0.15) is 0 Å². The molecule has 0 bridgehead atoms. The van der Waals surface area contributed by atoms with Gasteiger partial charge in [-0.1, -0.05) is 0 Å². The first-order chi connectivity index (χ1) is 7.09. The lowest BCUT2D eigenvalue weighted by molar-refractivity contribution is 0.205. The molecule has 3 nitrogen and oxygen atoms in total. The minimum absolute atomic E-state index is 0.262. The molecule has 82 valence electrons. The second-order valence-corrected chi connectivity index (χ2v) is 4.69. The lowest BCUT2D eigenvalue weighted by atomic mass is 9.78. The Balaban J connectivity index is 2.01. The summed E-state index contributed by atoms with van der Waals surface area (Å²) in [5, 5.41) is 13.1. The Hall–Kier alpha value is -1.09. The number of pyridine rings is 1. The van der Waals surface area contributed by atoms with Crippen molar-refractivity contribution < 1.29 is 5.11 Å². The van der Waals surface area contributed by atoms with E-state index in [1.165, 1.54) is 19.3 Å². The molecule has 0 saturated heterocycles. The lowest BCUT2D eigenvalue weighted by Crippen LogP contribution is -2.47. The molecule has 1 aromatic heterocycles. The summed E-state index contributed by atoms with van der Waals surface area (Å²) in [6.45, 7) is 4.82. The third-order valence-corrected chi connectivity index (χ3v) is 3.23. The summed E-state index contributed by atoms with van der Waals surface area (Å²) < 4.78 is 0. The van der Waals surface area contributed by atoms with E-state index < -0.39 is 0 Å². The highest BCUT2D eigenvalue weighted by molar-refractivity contribution is 5.27. The van der Waals surface area contributed by atoms with Crippen LogP contribution in [0.2, 0.25) is 0 Å². The van der Waals surface area contributed by atoms with Crippen molar-refractivity contribution in [1.29, 1.82) is 0 Å². The first kappa shape index (κ1) is 10.4. The molecular weight excluding hydrogens is 188 g/mol. The molecule has 1 heterocycles. The normalized spacial score (nSPS) is 18.5. The van der Waals surface area contributed by atoms with Crippen LogP contribution in [0.5, 0.6) is 5.75 Å². The summed E-state index contributed by atoms with van der Waals surface area (Å²) in [5.74, 6) is 0.288. The summed E-state index contributed by atoms with van der Waals surface area (Å²) in [7, 11) is 0. The van der Waals surface area contributed by atoms with Crippen LogP contribution < -0.4 is 5.32 Å². The van der Waals surface area contributed by atoms with Gasteiger partial charge in [0.25, 0.3) is 0 Å². The predicted molar refractivity (Wildman–Crippen MR) is 59.7 cm³/mol. The molecule has 2 N–H and O–H groups in total. The molecule has 1 aromatic rings. The zero-order valence-corrected chi connectivity index (χ0v) is 9.38. The molecule has 1 fully saturated rings. The van der Waals surface area contributed by atoms with E-state index in [0.717, 1.165) is 11.4 Å². The van der Waals surface area contributed by atoms with E-state index in [0.29, 0.717) is 6.54 Å². The largest absolute Gasteiger partial charge is 0.506 e. The standard InChI is InChI=1S/C12H18N2O/c1-9-4-5-11(15)10(14-9)8-13-12(2)6-3-7-12/h4-5,13,15H,3,6-8H2,1-2H3. The summed E-state index contributed by atoms with van der Waals surface area (Å²) in [5.41, 5.74) is 1.96. The molecule has 1 aliphatic carbocycles. The maximum Gasteiger partial charge on any atom is 0.138 e. The van der Waals surface area contributed by atoms with E-state index in [-0.39, 0.29) is 11.3 Å². The van der Waals surface area contributed by atoms with Gasteiger partial charge in [0.05, 0.1) is 5.69 Å². The van der Waals surface area contributed by atoms with E-state index in [1.807, 2.05) is 13.0 Å². The van der Waals surface area contributed by atoms with Gasteiger partial charge >= 0.3 is 0 Å². The van der Waals surface area contributed by atoms with Gasteiger partial charge in [-0.3, -0.25) is 4.98 Å². The van der Waals surface area contributed by atoms with E-state index >= 15 is 0 Å². The number of hydrogen-bond acceptors (Lipinski definition) is 3. The van der Waals surface area contributed by atoms with Gasteiger partial charge in [0.1, 0.15) is 5.75 Å². The second-order valence-electron chi connectivity index (χ2n) is 4.69. The first-order valence-corrected chi connectivity index (χ1v) is 5.50. The number of nitrogens with zero attached hydrogens (tertiary/aromatic N) is 1. The van der Waals surface area contributed by atoms with Crippen molar-refractivity contribution in [3.05, 3.63) is 23.5 Å². The molecule has 15 heavy (non-hydrogen) atoms. The highest BCUT2D eigenvalue weighted by Gasteiger charge is 2.31. The molecule has 3 heteroatoms. The predicted octanol–water partition coefficient (Wildman–Crippen LogP) is 2.13. The second kappa shape index (κ2) is 3.81. The summed E-state index contributed by atoms with van der Waals surface area (Å²) in [6, 6.07) is 3.53. The fourth-order valence-electron chi connectivity index (χ4n) is 1.91. The van der Waals surface area contributed by atoms with E-state index in [1.54, 1.807) is 6.07 Å². The zero-order valence-electron chi connectivity index (χ0n) is 9.38.